The van der Waals surface area contributed by atoms with E-state index in [9.17, 15) is 4.79 Å². The number of aryl methyl sites for hydroxylation is 2. The average molecular weight is 483 g/mol. The van der Waals surface area contributed by atoms with Crippen molar-refractivity contribution in [1.29, 1.82) is 0 Å². The molecule has 0 aliphatic carbocycles. The molecule has 1 atom stereocenters. The van der Waals surface area contributed by atoms with Gasteiger partial charge in [0.2, 0.25) is 5.91 Å². The number of nitrogens with zero attached hydrogens (tertiary/aromatic N) is 3. The Bertz CT molecular complexity index is 1150. The first-order chi connectivity index (χ1) is 16.4. The van der Waals surface area contributed by atoms with Gasteiger partial charge in [-0.1, -0.05) is 6.07 Å². The molecule has 182 valence electrons. The smallest absolute Gasteiger partial charge is 0.223 e. The van der Waals surface area contributed by atoms with Crippen molar-refractivity contribution in [2.24, 2.45) is 5.92 Å². The van der Waals surface area contributed by atoms with Crippen molar-refractivity contribution in [3.05, 3.63) is 40.5 Å². The topological polar surface area (TPSA) is 76.6 Å². The molecule has 1 N–H and O–H groups in total. The fourth-order valence-corrected chi connectivity index (χ4v) is 5.50. The average Bonchev–Trinajstić information content (AvgIpc) is 3.14. The summed E-state index contributed by atoms with van der Waals surface area (Å²) in [4.78, 5) is 26.7. The molecule has 4 rings (SSSR count). The Hall–Kier alpha value is -2.87. The number of fused-ring (bicyclic) bond motifs is 1. The lowest BCUT2D eigenvalue weighted by atomic mass is 9.95. The Labute approximate surface area is 205 Å². The van der Waals surface area contributed by atoms with Gasteiger partial charge in [0.1, 0.15) is 17.0 Å². The van der Waals surface area contributed by atoms with Crippen LogP contribution in [0.1, 0.15) is 55.7 Å². The molecule has 1 unspecified atom stereocenters. The number of hydrogen-bond acceptors (Lipinski definition) is 7. The summed E-state index contributed by atoms with van der Waals surface area (Å²) in [5.74, 6) is 2.54. The third-order valence-electron chi connectivity index (χ3n) is 6.54. The van der Waals surface area contributed by atoms with E-state index in [1.807, 2.05) is 39.0 Å². The highest BCUT2D eigenvalue weighted by molar-refractivity contribution is 7.18. The molecule has 3 heterocycles. The van der Waals surface area contributed by atoms with E-state index in [4.69, 9.17) is 9.47 Å². The van der Waals surface area contributed by atoms with Gasteiger partial charge in [0.15, 0.2) is 11.5 Å². The van der Waals surface area contributed by atoms with Crippen molar-refractivity contribution in [2.45, 2.75) is 53.5 Å². The summed E-state index contributed by atoms with van der Waals surface area (Å²) in [6.45, 7) is 12.9. The van der Waals surface area contributed by atoms with Crippen LogP contribution in [0, 0.1) is 19.8 Å². The molecule has 0 radical (unpaired) electrons. The summed E-state index contributed by atoms with van der Waals surface area (Å²) in [6, 6.07) is 5.76. The third kappa shape index (κ3) is 4.97. The van der Waals surface area contributed by atoms with Crippen LogP contribution in [0.4, 0.5) is 5.82 Å². The number of amides is 1. The van der Waals surface area contributed by atoms with Gasteiger partial charge in [0.25, 0.3) is 0 Å². The van der Waals surface area contributed by atoms with Crippen LogP contribution in [0.25, 0.3) is 10.2 Å². The van der Waals surface area contributed by atoms with Crippen molar-refractivity contribution in [1.82, 2.24) is 15.3 Å². The molecule has 1 amide bonds. The Morgan fingerprint density at radius 1 is 1.15 bits per heavy atom. The highest BCUT2D eigenvalue weighted by atomic mass is 32.1. The predicted molar refractivity (Wildman–Crippen MR) is 137 cm³/mol. The second kappa shape index (κ2) is 10.6. The summed E-state index contributed by atoms with van der Waals surface area (Å²) in [5.41, 5.74) is 2.26. The van der Waals surface area contributed by atoms with Crippen molar-refractivity contribution in [3.8, 4) is 11.5 Å². The zero-order valence-corrected chi connectivity index (χ0v) is 21.5. The summed E-state index contributed by atoms with van der Waals surface area (Å²) in [7, 11) is 0. The molecule has 0 spiro atoms. The lowest BCUT2D eigenvalue weighted by Gasteiger charge is -2.33. The van der Waals surface area contributed by atoms with Crippen molar-refractivity contribution in [2.75, 3.05) is 31.2 Å². The van der Waals surface area contributed by atoms with Crippen LogP contribution in [0.15, 0.2) is 24.5 Å². The highest BCUT2D eigenvalue weighted by Gasteiger charge is 2.28. The molecular weight excluding hydrogens is 448 g/mol. The van der Waals surface area contributed by atoms with Crippen molar-refractivity contribution in [3.63, 3.8) is 0 Å². The molecule has 7 nitrogen and oxygen atoms in total. The minimum Gasteiger partial charge on any atom is -0.490 e. The Morgan fingerprint density at radius 2 is 1.85 bits per heavy atom. The van der Waals surface area contributed by atoms with E-state index in [2.05, 4.69) is 34.0 Å². The maximum Gasteiger partial charge on any atom is 0.223 e. The molecule has 34 heavy (non-hydrogen) atoms. The van der Waals surface area contributed by atoms with Crippen LogP contribution < -0.4 is 19.7 Å². The summed E-state index contributed by atoms with van der Waals surface area (Å²) in [6.07, 6.45) is 3.26. The number of rotatable bonds is 8. The van der Waals surface area contributed by atoms with Gasteiger partial charge in [-0.05, 0) is 70.7 Å². The second-order valence-corrected chi connectivity index (χ2v) is 9.93. The Morgan fingerprint density at radius 3 is 2.56 bits per heavy atom. The molecular formula is C26H34N4O3S. The van der Waals surface area contributed by atoms with Gasteiger partial charge in [-0.25, -0.2) is 9.97 Å². The number of carbonyl (C=O) groups excluding carboxylic acids is 1. The number of ether oxygens (including phenoxy) is 2. The first-order valence-corrected chi connectivity index (χ1v) is 12.9. The number of piperidine rings is 1. The highest BCUT2D eigenvalue weighted by Crippen LogP contribution is 2.36. The SMILES string of the molecule is CCOc1ccc(C(C)NC(=O)C2CCN(c3ncnc4sc(C)c(C)c34)CC2)cc1OCC. The number of nitrogens with one attached hydrogen (secondary N) is 1. The van der Waals surface area contributed by atoms with Gasteiger partial charge in [0, 0.05) is 23.9 Å². The minimum absolute atomic E-state index is 0.00426. The lowest BCUT2D eigenvalue weighted by molar-refractivity contribution is -0.126. The normalized spacial score (nSPS) is 15.4. The van der Waals surface area contributed by atoms with Gasteiger partial charge in [-0.15, -0.1) is 11.3 Å². The molecule has 1 aliphatic rings. The first-order valence-electron chi connectivity index (χ1n) is 12.1. The minimum atomic E-state index is -0.113. The zero-order valence-electron chi connectivity index (χ0n) is 20.7. The molecule has 1 saturated heterocycles. The van der Waals surface area contributed by atoms with Gasteiger partial charge < -0.3 is 19.7 Å². The fourth-order valence-electron chi connectivity index (χ4n) is 4.51. The Kier molecular flexibility index (Phi) is 7.56. The number of benzene rings is 1. The van der Waals surface area contributed by atoms with Crippen LogP contribution >= 0.6 is 11.3 Å². The van der Waals surface area contributed by atoms with Gasteiger partial charge >= 0.3 is 0 Å². The number of hydrogen-bond donors (Lipinski definition) is 1. The molecule has 3 aromatic rings. The van der Waals surface area contributed by atoms with Gasteiger partial charge in [-0.3, -0.25) is 4.79 Å². The summed E-state index contributed by atoms with van der Waals surface area (Å²) >= 11 is 1.72. The first kappa shape index (κ1) is 24.3. The molecule has 2 aromatic heterocycles. The quantitative estimate of drug-likeness (QED) is 0.476. The van der Waals surface area contributed by atoms with Gasteiger partial charge in [-0.2, -0.15) is 0 Å². The van der Waals surface area contributed by atoms with Crippen LogP contribution in [-0.2, 0) is 4.79 Å². The third-order valence-corrected chi connectivity index (χ3v) is 7.65. The van der Waals surface area contributed by atoms with Crippen LogP contribution in [0.5, 0.6) is 11.5 Å². The van der Waals surface area contributed by atoms with E-state index in [1.54, 1.807) is 17.7 Å². The number of aromatic nitrogens is 2. The zero-order chi connectivity index (χ0) is 24.2. The Balaban J connectivity index is 1.39. The molecule has 1 aliphatic heterocycles. The molecule has 8 heteroatoms. The number of carbonyl (C=O) groups is 1. The second-order valence-electron chi connectivity index (χ2n) is 8.72. The molecule has 0 bridgehead atoms. The lowest BCUT2D eigenvalue weighted by Crippen LogP contribution is -2.41. The van der Waals surface area contributed by atoms with E-state index >= 15 is 0 Å². The largest absolute Gasteiger partial charge is 0.490 e. The monoisotopic (exact) mass is 482 g/mol. The summed E-state index contributed by atoms with van der Waals surface area (Å²) in [5, 5.41) is 4.36. The van der Waals surface area contributed by atoms with Gasteiger partial charge in [0.05, 0.1) is 24.6 Å². The van der Waals surface area contributed by atoms with E-state index < -0.39 is 0 Å². The van der Waals surface area contributed by atoms with Crippen LogP contribution in [-0.4, -0.2) is 42.2 Å². The van der Waals surface area contributed by atoms with E-state index in [-0.39, 0.29) is 17.9 Å². The number of anilines is 1. The maximum atomic E-state index is 13.1. The summed E-state index contributed by atoms with van der Waals surface area (Å²) < 4.78 is 11.4. The molecule has 0 saturated carbocycles. The van der Waals surface area contributed by atoms with E-state index in [0.29, 0.717) is 19.0 Å². The predicted octanol–water partition coefficient (Wildman–Crippen LogP) is 5.20. The molecule has 1 fully saturated rings. The van der Waals surface area contributed by atoms with E-state index in [0.717, 1.165) is 53.3 Å². The fraction of sp³-hybridized carbons (Fsp3) is 0.500. The standard InChI is InChI=1S/C26H34N4O3S/c1-6-32-21-9-8-20(14-22(21)33-7-2)17(4)29-25(31)19-10-12-30(13-11-19)24-23-16(3)18(5)34-26(23)28-15-27-24/h8-9,14-15,17,19H,6-7,10-13H2,1-5H3,(H,29,31). The van der Waals surface area contributed by atoms with Crippen molar-refractivity contribution >= 4 is 33.3 Å². The number of thiophene rings is 1. The van der Waals surface area contributed by atoms with E-state index in [1.165, 1.54) is 10.4 Å². The molecule has 1 aromatic carbocycles. The van der Waals surface area contributed by atoms with Crippen molar-refractivity contribution < 1.29 is 14.3 Å². The van der Waals surface area contributed by atoms with Crippen LogP contribution in [0.3, 0.4) is 0 Å². The van der Waals surface area contributed by atoms with Crippen LogP contribution in [0.2, 0.25) is 0 Å². The maximum absolute atomic E-state index is 13.1.